The Bertz CT molecular complexity index is 1480. The Labute approximate surface area is 261 Å². The number of nitrogens with one attached hydrogen (secondary N) is 2. The van der Waals surface area contributed by atoms with E-state index in [1.165, 1.54) is 11.3 Å². The average Bonchev–Trinajstić information content (AvgIpc) is 3.01. The van der Waals surface area contributed by atoms with Crippen molar-refractivity contribution < 1.29 is 29.0 Å². The smallest absolute Gasteiger partial charge is 0.319 e. The van der Waals surface area contributed by atoms with E-state index in [0.717, 1.165) is 25.7 Å². The second-order valence-corrected chi connectivity index (χ2v) is 11.2. The van der Waals surface area contributed by atoms with Crippen LogP contribution >= 0.6 is 11.6 Å². The lowest BCUT2D eigenvalue weighted by atomic mass is 9.89. The number of carboxylic acids is 1. The number of halogens is 1. The van der Waals surface area contributed by atoms with Gasteiger partial charge in [-0.3, -0.25) is 14.4 Å². The summed E-state index contributed by atoms with van der Waals surface area (Å²) in [6.45, 7) is -0.0820. The number of likely N-dealkylation sites (N-methyl/N-ethyl adjacent to an activating group) is 1. The number of carbonyl (C=O) groups excluding carboxylic acids is 3. The van der Waals surface area contributed by atoms with Crippen LogP contribution in [0.2, 0.25) is 5.02 Å². The topological polar surface area (TPSA) is 128 Å². The first kappa shape index (κ1) is 32.3. The van der Waals surface area contributed by atoms with Crippen LogP contribution < -0.4 is 25.2 Å². The number of carboxylic acid groups (broad SMARTS) is 1. The maximum atomic E-state index is 13.6. The van der Waals surface area contributed by atoms with Crippen molar-refractivity contribution in [1.82, 2.24) is 5.32 Å². The third kappa shape index (κ3) is 9.47. The van der Waals surface area contributed by atoms with Crippen molar-refractivity contribution in [1.29, 1.82) is 0 Å². The van der Waals surface area contributed by atoms with Crippen LogP contribution in [0, 0.1) is 5.92 Å². The van der Waals surface area contributed by atoms with E-state index in [1.807, 2.05) is 0 Å². The SMILES string of the molecule is CN(C(=O)COc1ccccc1N(CC1CCCCC1)C(=O)CNC(=O)Nc1cccc(CC(=O)O)c1)c1cccc(Cl)c1. The highest BCUT2D eigenvalue weighted by Crippen LogP contribution is 2.32. The van der Waals surface area contributed by atoms with Crippen LogP contribution in [0.15, 0.2) is 72.8 Å². The molecule has 232 valence electrons. The summed E-state index contributed by atoms with van der Waals surface area (Å²) in [6.07, 6.45) is 5.18. The Hall–Kier alpha value is -4.57. The Morgan fingerprint density at radius 1 is 0.932 bits per heavy atom. The molecule has 0 aliphatic heterocycles. The van der Waals surface area contributed by atoms with Gasteiger partial charge in [0, 0.05) is 30.0 Å². The number of aliphatic carboxylic acids is 1. The lowest BCUT2D eigenvalue weighted by Crippen LogP contribution is -2.44. The van der Waals surface area contributed by atoms with Gasteiger partial charge in [0.05, 0.1) is 18.7 Å². The highest BCUT2D eigenvalue weighted by atomic mass is 35.5. The molecular weight excluding hydrogens is 584 g/mol. The highest BCUT2D eigenvalue weighted by Gasteiger charge is 2.25. The molecule has 3 aromatic rings. The van der Waals surface area contributed by atoms with Gasteiger partial charge in [-0.1, -0.05) is 61.2 Å². The molecule has 44 heavy (non-hydrogen) atoms. The highest BCUT2D eigenvalue weighted by molar-refractivity contribution is 6.30. The molecule has 0 heterocycles. The van der Waals surface area contributed by atoms with E-state index in [0.29, 0.717) is 45.9 Å². The summed E-state index contributed by atoms with van der Waals surface area (Å²) in [5, 5.41) is 14.8. The van der Waals surface area contributed by atoms with Crippen molar-refractivity contribution in [2.24, 2.45) is 5.92 Å². The first-order chi connectivity index (χ1) is 21.2. The van der Waals surface area contributed by atoms with Crippen LogP contribution in [-0.2, 0) is 20.8 Å². The van der Waals surface area contributed by atoms with Crippen LogP contribution in [0.3, 0.4) is 0 Å². The Kier molecular flexibility index (Phi) is 11.6. The predicted molar refractivity (Wildman–Crippen MR) is 171 cm³/mol. The Balaban J connectivity index is 1.45. The summed E-state index contributed by atoms with van der Waals surface area (Å²) in [5.74, 6) is -0.926. The van der Waals surface area contributed by atoms with E-state index in [9.17, 15) is 19.2 Å². The zero-order valence-corrected chi connectivity index (χ0v) is 25.4. The van der Waals surface area contributed by atoms with Crippen molar-refractivity contribution in [2.45, 2.75) is 38.5 Å². The van der Waals surface area contributed by atoms with Gasteiger partial charge in [-0.15, -0.1) is 0 Å². The van der Waals surface area contributed by atoms with Gasteiger partial charge in [0.25, 0.3) is 5.91 Å². The van der Waals surface area contributed by atoms with Gasteiger partial charge in [-0.2, -0.15) is 0 Å². The molecule has 4 amide bonds. The number of hydrogen-bond donors (Lipinski definition) is 3. The number of rotatable bonds is 12. The van der Waals surface area contributed by atoms with E-state index in [-0.39, 0.29) is 31.4 Å². The zero-order valence-electron chi connectivity index (χ0n) is 24.6. The summed E-state index contributed by atoms with van der Waals surface area (Å²) in [7, 11) is 1.64. The van der Waals surface area contributed by atoms with E-state index in [1.54, 1.807) is 84.7 Å². The van der Waals surface area contributed by atoms with Crippen molar-refractivity contribution in [2.75, 3.05) is 41.9 Å². The second kappa shape index (κ2) is 15.8. The van der Waals surface area contributed by atoms with Crippen molar-refractivity contribution >= 4 is 52.5 Å². The molecule has 0 bridgehead atoms. The number of hydrogen-bond acceptors (Lipinski definition) is 5. The van der Waals surface area contributed by atoms with E-state index < -0.39 is 12.0 Å². The quantitative estimate of drug-likeness (QED) is 0.237. The number of amides is 4. The summed E-state index contributed by atoms with van der Waals surface area (Å²) >= 11 is 6.08. The summed E-state index contributed by atoms with van der Waals surface area (Å²) in [6, 6.07) is 19.9. The fourth-order valence-corrected chi connectivity index (χ4v) is 5.37. The third-order valence-electron chi connectivity index (χ3n) is 7.48. The van der Waals surface area contributed by atoms with Gasteiger partial charge in [0.15, 0.2) is 6.61 Å². The number of urea groups is 1. The van der Waals surface area contributed by atoms with Gasteiger partial charge < -0.3 is 30.3 Å². The molecule has 3 aromatic carbocycles. The lowest BCUT2D eigenvalue weighted by molar-refractivity contribution is -0.136. The van der Waals surface area contributed by atoms with Crippen molar-refractivity contribution in [3.63, 3.8) is 0 Å². The number of ether oxygens (including phenoxy) is 1. The van der Waals surface area contributed by atoms with E-state index in [2.05, 4.69) is 10.6 Å². The standard InChI is InChI=1S/C33H37ClN4O6/c1-37(27-14-8-12-25(34)19-27)31(40)22-44-29-16-6-5-15-28(29)38(21-23-9-3-2-4-10-23)30(39)20-35-33(43)36-26-13-7-11-24(17-26)18-32(41)42/h5-8,11-17,19,23H,2-4,9-10,18,20-22H2,1H3,(H,41,42)(H2,35,36,43). The summed E-state index contributed by atoms with van der Waals surface area (Å²) in [4.78, 5) is 53.4. The first-order valence-corrected chi connectivity index (χ1v) is 15.0. The number of para-hydroxylation sites is 2. The number of nitrogens with zero attached hydrogens (tertiary/aromatic N) is 2. The van der Waals surface area contributed by atoms with Crippen molar-refractivity contribution in [3.8, 4) is 5.75 Å². The Morgan fingerprint density at radius 3 is 2.43 bits per heavy atom. The summed E-state index contributed by atoms with van der Waals surface area (Å²) in [5.41, 5.74) is 2.11. The molecule has 11 heteroatoms. The predicted octanol–water partition coefficient (Wildman–Crippen LogP) is 5.74. The maximum Gasteiger partial charge on any atom is 0.319 e. The van der Waals surface area contributed by atoms with Crippen LogP contribution in [0.4, 0.5) is 21.9 Å². The van der Waals surface area contributed by atoms with E-state index >= 15 is 0 Å². The maximum absolute atomic E-state index is 13.6. The molecule has 0 saturated heterocycles. The minimum Gasteiger partial charge on any atom is -0.482 e. The molecule has 0 radical (unpaired) electrons. The van der Waals surface area contributed by atoms with Crippen molar-refractivity contribution in [3.05, 3.63) is 83.4 Å². The normalized spacial score (nSPS) is 13.0. The average molecular weight is 621 g/mol. The molecule has 4 rings (SSSR count). The molecule has 1 aliphatic rings. The molecule has 1 aliphatic carbocycles. The largest absolute Gasteiger partial charge is 0.482 e. The fraction of sp³-hybridized carbons (Fsp3) is 0.333. The van der Waals surface area contributed by atoms with Gasteiger partial charge in [0.2, 0.25) is 5.91 Å². The van der Waals surface area contributed by atoms with Crippen LogP contribution in [0.25, 0.3) is 0 Å². The number of benzene rings is 3. The zero-order chi connectivity index (χ0) is 31.5. The van der Waals surface area contributed by atoms with Crippen LogP contribution in [-0.4, -0.2) is 55.7 Å². The second-order valence-electron chi connectivity index (χ2n) is 10.8. The van der Waals surface area contributed by atoms with E-state index in [4.69, 9.17) is 21.4 Å². The van der Waals surface area contributed by atoms with Gasteiger partial charge in [-0.25, -0.2) is 4.79 Å². The van der Waals surface area contributed by atoms with Gasteiger partial charge in [-0.05, 0) is 66.8 Å². The molecular formula is C33H37ClN4O6. The Morgan fingerprint density at radius 2 is 1.68 bits per heavy atom. The molecule has 1 saturated carbocycles. The molecule has 3 N–H and O–H groups in total. The van der Waals surface area contributed by atoms with Crippen LogP contribution in [0.5, 0.6) is 5.75 Å². The molecule has 0 spiro atoms. The molecule has 0 atom stereocenters. The van der Waals surface area contributed by atoms with Crippen LogP contribution in [0.1, 0.15) is 37.7 Å². The lowest BCUT2D eigenvalue weighted by Gasteiger charge is -2.31. The molecule has 0 unspecified atom stereocenters. The fourth-order valence-electron chi connectivity index (χ4n) is 5.19. The minimum absolute atomic E-state index is 0.171. The van der Waals surface area contributed by atoms with Gasteiger partial charge >= 0.3 is 12.0 Å². The summed E-state index contributed by atoms with van der Waals surface area (Å²) < 4.78 is 5.98. The number of carbonyl (C=O) groups is 4. The molecule has 1 fully saturated rings. The molecule has 0 aromatic heterocycles. The number of anilines is 3. The monoisotopic (exact) mass is 620 g/mol. The first-order valence-electron chi connectivity index (χ1n) is 14.6. The minimum atomic E-state index is -0.975. The van der Waals surface area contributed by atoms with Gasteiger partial charge in [0.1, 0.15) is 5.75 Å². The molecule has 10 nitrogen and oxygen atoms in total. The third-order valence-corrected chi connectivity index (χ3v) is 7.72.